The SMILES string of the molecule is O=C(NCc1cccc(OCC(F)(F)F)c1)c1n[nH]c2c1CNCC2. The van der Waals surface area contributed by atoms with E-state index in [-0.39, 0.29) is 18.2 Å². The Balaban J connectivity index is 1.60. The molecule has 0 spiro atoms. The van der Waals surface area contributed by atoms with Crippen LogP contribution in [0.1, 0.15) is 27.3 Å². The number of fused-ring (bicyclic) bond motifs is 1. The van der Waals surface area contributed by atoms with Gasteiger partial charge in [0.15, 0.2) is 12.3 Å². The fourth-order valence-corrected chi connectivity index (χ4v) is 2.59. The maximum atomic E-state index is 12.3. The molecule has 2 heterocycles. The van der Waals surface area contributed by atoms with Crippen molar-refractivity contribution in [1.29, 1.82) is 0 Å². The Bertz CT molecular complexity index is 758. The number of hydrogen-bond acceptors (Lipinski definition) is 4. The fraction of sp³-hybridized carbons (Fsp3) is 0.375. The van der Waals surface area contributed by atoms with Crippen LogP contribution in [0.3, 0.4) is 0 Å². The number of carbonyl (C=O) groups excluding carboxylic acids is 1. The van der Waals surface area contributed by atoms with Crippen LogP contribution in [0.25, 0.3) is 0 Å². The lowest BCUT2D eigenvalue weighted by Gasteiger charge is -2.13. The number of ether oxygens (including phenoxy) is 1. The van der Waals surface area contributed by atoms with Gasteiger partial charge in [-0.1, -0.05) is 12.1 Å². The Morgan fingerprint density at radius 3 is 3.00 bits per heavy atom. The van der Waals surface area contributed by atoms with Crippen LogP contribution >= 0.6 is 0 Å². The summed E-state index contributed by atoms with van der Waals surface area (Å²) in [6, 6.07) is 6.18. The summed E-state index contributed by atoms with van der Waals surface area (Å²) in [5.41, 5.74) is 2.78. The first-order valence-electron chi connectivity index (χ1n) is 7.76. The highest BCUT2D eigenvalue weighted by Gasteiger charge is 2.28. The topological polar surface area (TPSA) is 79.0 Å². The number of aromatic nitrogens is 2. The third-order valence-corrected chi connectivity index (χ3v) is 3.78. The highest BCUT2D eigenvalue weighted by Crippen LogP contribution is 2.20. The molecule has 1 aromatic heterocycles. The van der Waals surface area contributed by atoms with Gasteiger partial charge in [-0.3, -0.25) is 9.89 Å². The van der Waals surface area contributed by atoms with Crippen LogP contribution in [-0.2, 0) is 19.5 Å². The molecule has 0 aliphatic carbocycles. The standard InChI is InChI=1S/C16H17F3N4O2/c17-16(18,19)9-25-11-3-1-2-10(6-11)7-21-15(24)14-12-8-20-5-4-13(12)22-23-14/h1-3,6,20H,4-5,7-9H2,(H,21,24)(H,22,23). The molecule has 6 nitrogen and oxygen atoms in total. The monoisotopic (exact) mass is 354 g/mol. The maximum absolute atomic E-state index is 12.3. The van der Waals surface area contributed by atoms with Gasteiger partial charge in [-0.15, -0.1) is 0 Å². The number of amides is 1. The van der Waals surface area contributed by atoms with Crippen molar-refractivity contribution >= 4 is 5.91 Å². The number of benzene rings is 1. The van der Waals surface area contributed by atoms with Gasteiger partial charge in [-0.2, -0.15) is 18.3 Å². The second-order valence-electron chi connectivity index (χ2n) is 5.69. The lowest BCUT2D eigenvalue weighted by atomic mass is 10.1. The Labute approximate surface area is 141 Å². The van der Waals surface area contributed by atoms with Crippen LogP contribution in [0.5, 0.6) is 5.75 Å². The summed E-state index contributed by atoms with van der Waals surface area (Å²) in [5.74, 6) is -0.228. The van der Waals surface area contributed by atoms with Gasteiger partial charge in [0.2, 0.25) is 0 Å². The van der Waals surface area contributed by atoms with Crippen molar-refractivity contribution in [3.8, 4) is 5.75 Å². The molecular weight excluding hydrogens is 337 g/mol. The van der Waals surface area contributed by atoms with Crippen molar-refractivity contribution in [3.05, 3.63) is 46.8 Å². The van der Waals surface area contributed by atoms with Gasteiger partial charge in [0.1, 0.15) is 5.75 Å². The first-order valence-corrected chi connectivity index (χ1v) is 7.76. The van der Waals surface area contributed by atoms with E-state index in [1.165, 1.54) is 12.1 Å². The normalized spacial score (nSPS) is 14.0. The van der Waals surface area contributed by atoms with Gasteiger partial charge in [0, 0.05) is 37.3 Å². The molecule has 9 heteroatoms. The fourth-order valence-electron chi connectivity index (χ4n) is 2.59. The molecule has 0 radical (unpaired) electrons. The number of carbonyl (C=O) groups is 1. The predicted molar refractivity (Wildman–Crippen MR) is 83.2 cm³/mol. The molecule has 25 heavy (non-hydrogen) atoms. The quantitative estimate of drug-likeness (QED) is 0.767. The van der Waals surface area contributed by atoms with Crippen molar-refractivity contribution < 1.29 is 22.7 Å². The summed E-state index contributed by atoms with van der Waals surface area (Å²) < 4.78 is 41.3. The van der Waals surface area contributed by atoms with Crippen molar-refractivity contribution in [2.24, 2.45) is 0 Å². The van der Waals surface area contributed by atoms with Crippen molar-refractivity contribution in [2.75, 3.05) is 13.2 Å². The first kappa shape index (κ1) is 17.3. The highest BCUT2D eigenvalue weighted by molar-refractivity contribution is 5.94. The lowest BCUT2D eigenvalue weighted by Crippen LogP contribution is -2.28. The van der Waals surface area contributed by atoms with Crippen LogP contribution in [0, 0.1) is 0 Å². The minimum Gasteiger partial charge on any atom is -0.484 e. The summed E-state index contributed by atoms with van der Waals surface area (Å²) >= 11 is 0. The molecule has 1 aliphatic heterocycles. The maximum Gasteiger partial charge on any atom is 0.422 e. The molecule has 0 atom stereocenters. The Hall–Kier alpha value is -2.55. The molecule has 0 saturated heterocycles. The molecule has 0 saturated carbocycles. The molecular formula is C16H17F3N4O2. The van der Waals surface area contributed by atoms with E-state index in [2.05, 4.69) is 20.8 Å². The minimum atomic E-state index is -4.39. The van der Waals surface area contributed by atoms with Gasteiger partial charge in [0.25, 0.3) is 5.91 Å². The number of aromatic amines is 1. The van der Waals surface area contributed by atoms with E-state index in [1.807, 2.05) is 0 Å². The zero-order valence-corrected chi connectivity index (χ0v) is 13.2. The predicted octanol–water partition coefficient (Wildman–Crippen LogP) is 1.93. The highest BCUT2D eigenvalue weighted by atomic mass is 19.4. The van der Waals surface area contributed by atoms with Crippen molar-refractivity contribution in [1.82, 2.24) is 20.8 Å². The third kappa shape index (κ3) is 4.50. The number of hydrogen-bond donors (Lipinski definition) is 3. The summed E-state index contributed by atoms with van der Waals surface area (Å²) in [6.45, 7) is 0.225. The van der Waals surface area contributed by atoms with Gasteiger partial charge < -0.3 is 15.4 Å². The number of nitrogens with zero attached hydrogens (tertiary/aromatic N) is 1. The van der Waals surface area contributed by atoms with Gasteiger partial charge >= 0.3 is 6.18 Å². The second kappa shape index (κ2) is 7.14. The molecule has 1 amide bonds. The molecule has 2 aromatic rings. The Morgan fingerprint density at radius 2 is 2.20 bits per heavy atom. The molecule has 1 aromatic carbocycles. The third-order valence-electron chi connectivity index (χ3n) is 3.78. The average Bonchev–Trinajstić information content (AvgIpc) is 3.02. The largest absolute Gasteiger partial charge is 0.484 e. The Kier molecular flexibility index (Phi) is 4.93. The molecule has 3 rings (SSSR count). The summed E-state index contributed by atoms with van der Waals surface area (Å²) in [6.07, 6.45) is -3.61. The van der Waals surface area contributed by atoms with E-state index >= 15 is 0 Å². The van der Waals surface area contributed by atoms with E-state index in [4.69, 9.17) is 4.74 Å². The molecule has 3 N–H and O–H groups in total. The van der Waals surface area contributed by atoms with E-state index in [1.54, 1.807) is 12.1 Å². The van der Waals surface area contributed by atoms with Crippen LogP contribution in [0.4, 0.5) is 13.2 Å². The second-order valence-corrected chi connectivity index (χ2v) is 5.69. The summed E-state index contributed by atoms with van der Waals surface area (Å²) in [7, 11) is 0. The van der Waals surface area contributed by atoms with E-state index < -0.39 is 12.8 Å². The number of alkyl halides is 3. The summed E-state index contributed by atoms with van der Waals surface area (Å²) in [4.78, 5) is 12.3. The van der Waals surface area contributed by atoms with E-state index in [9.17, 15) is 18.0 Å². The number of rotatable bonds is 5. The number of nitrogens with one attached hydrogen (secondary N) is 3. The van der Waals surface area contributed by atoms with Crippen LogP contribution < -0.4 is 15.4 Å². The first-order chi connectivity index (χ1) is 11.9. The zero-order valence-electron chi connectivity index (χ0n) is 13.2. The molecule has 134 valence electrons. The van der Waals surface area contributed by atoms with E-state index in [0.717, 1.165) is 24.2 Å². The van der Waals surface area contributed by atoms with Crippen molar-refractivity contribution in [3.63, 3.8) is 0 Å². The minimum absolute atomic E-state index is 0.102. The van der Waals surface area contributed by atoms with Gasteiger partial charge in [0.05, 0.1) is 0 Å². The van der Waals surface area contributed by atoms with Gasteiger partial charge in [-0.05, 0) is 17.7 Å². The van der Waals surface area contributed by atoms with Crippen molar-refractivity contribution in [2.45, 2.75) is 25.7 Å². The van der Waals surface area contributed by atoms with Crippen LogP contribution in [0.2, 0.25) is 0 Å². The Morgan fingerprint density at radius 1 is 1.36 bits per heavy atom. The molecule has 0 unspecified atom stereocenters. The molecule has 0 fully saturated rings. The molecule has 0 bridgehead atoms. The van der Waals surface area contributed by atoms with Crippen LogP contribution in [-0.4, -0.2) is 35.4 Å². The molecule has 1 aliphatic rings. The van der Waals surface area contributed by atoms with Gasteiger partial charge in [-0.25, -0.2) is 0 Å². The number of H-pyrrole nitrogens is 1. The van der Waals surface area contributed by atoms with Crippen LogP contribution in [0.15, 0.2) is 24.3 Å². The smallest absolute Gasteiger partial charge is 0.422 e. The average molecular weight is 354 g/mol. The zero-order chi connectivity index (χ0) is 17.9. The van der Waals surface area contributed by atoms with E-state index in [0.29, 0.717) is 17.8 Å². The number of halogens is 3. The summed E-state index contributed by atoms with van der Waals surface area (Å²) in [5, 5.41) is 12.8. The lowest BCUT2D eigenvalue weighted by molar-refractivity contribution is -0.153.